The number of benzene rings is 1. The van der Waals surface area contributed by atoms with Crippen LogP contribution in [0.2, 0.25) is 0 Å². The number of carbonyl (C=O) groups excluding carboxylic acids is 1. The van der Waals surface area contributed by atoms with Gasteiger partial charge in [-0.15, -0.1) is 0 Å². The number of allylic oxidation sites excluding steroid dienone is 4. The second-order valence-electron chi connectivity index (χ2n) is 4.77. The number of carbonyl (C=O) groups is 1. The molecule has 0 saturated heterocycles. The summed E-state index contributed by atoms with van der Waals surface area (Å²) in [5, 5.41) is 0. The molecule has 1 aromatic carbocycles. The Labute approximate surface area is 103 Å². The highest BCUT2D eigenvalue weighted by Crippen LogP contribution is 2.28. The summed E-state index contributed by atoms with van der Waals surface area (Å²) < 4.78 is 0. The highest BCUT2D eigenvalue weighted by molar-refractivity contribution is 5.79. The molecule has 1 aliphatic carbocycles. The largest absolute Gasteiger partial charge is 0.300 e. The summed E-state index contributed by atoms with van der Waals surface area (Å²) in [6, 6.07) is 8.59. The van der Waals surface area contributed by atoms with Gasteiger partial charge in [0.2, 0.25) is 0 Å². The third-order valence-electron chi connectivity index (χ3n) is 3.10. The molecule has 0 heterocycles. The van der Waals surface area contributed by atoms with Crippen molar-refractivity contribution in [3.8, 4) is 0 Å². The summed E-state index contributed by atoms with van der Waals surface area (Å²) in [4.78, 5) is 11.0. The van der Waals surface area contributed by atoms with E-state index >= 15 is 0 Å². The number of ketones is 1. The molecule has 0 bridgehead atoms. The Bertz CT molecular complexity index is 492. The third kappa shape index (κ3) is 3.16. The van der Waals surface area contributed by atoms with Gasteiger partial charge in [0.25, 0.3) is 0 Å². The van der Waals surface area contributed by atoms with Crippen LogP contribution in [0.3, 0.4) is 0 Å². The van der Waals surface area contributed by atoms with Crippen LogP contribution in [0.4, 0.5) is 0 Å². The van der Waals surface area contributed by atoms with Gasteiger partial charge in [-0.25, -0.2) is 0 Å². The zero-order chi connectivity index (χ0) is 12.3. The molecule has 0 amide bonds. The molecule has 1 nitrogen and oxygen atoms in total. The van der Waals surface area contributed by atoms with Crippen molar-refractivity contribution in [1.29, 1.82) is 0 Å². The SMILES string of the molecule is CC(=O)CC1=CC=C(c2cccc(C)c2)CC1. The van der Waals surface area contributed by atoms with E-state index in [0.29, 0.717) is 6.42 Å². The first-order valence-corrected chi connectivity index (χ1v) is 6.10. The summed E-state index contributed by atoms with van der Waals surface area (Å²) in [7, 11) is 0. The summed E-state index contributed by atoms with van der Waals surface area (Å²) >= 11 is 0. The monoisotopic (exact) mass is 226 g/mol. The Morgan fingerprint density at radius 2 is 2.06 bits per heavy atom. The molecule has 0 fully saturated rings. The lowest BCUT2D eigenvalue weighted by Crippen LogP contribution is -1.98. The lowest BCUT2D eigenvalue weighted by atomic mass is 9.91. The van der Waals surface area contributed by atoms with Gasteiger partial charge in [-0.1, -0.05) is 47.6 Å². The molecule has 1 aliphatic rings. The van der Waals surface area contributed by atoms with Crippen molar-refractivity contribution in [2.45, 2.75) is 33.1 Å². The predicted molar refractivity (Wildman–Crippen MR) is 71.8 cm³/mol. The molecule has 88 valence electrons. The average molecular weight is 226 g/mol. The summed E-state index contributed by atoms with van der Waals surface area (Å²) in [6.45, 7) is 3.77. The maximum absolute atomic E-state index is 11.0. The van der Waals surface area contributed by atoms with Crippen LogP contribution in [-0.2, 0) is 4.79 Å². The molecule has 0 radical (unpaired) electrons. The fraction of sp³-hybridized carbons (Fsp3) is 0.312. The summed E-state index contributed by atoms with van der Waals surface area (Å²) in [5.41, 5.74) is 5.24. The summed E-state index contributed by atoms with van der Waals surface area (Å²) in [6.07, 6.45) is 6.94. The topological polar surface area (TPSA) is 17.1 Å². The van der Waals surface area contributed by atoms with Gasteiger partial charge in [0.05, 0.1) is 0 Å². The number of hydrogen-bond donors (Lipinski definition) is 0. The van der Waals surface area contributed by atoms with Crippen LogP contribution in [-0.4, -0.2) is 5.78 Å². The fourth-order valence-corrected chi connectivity index (χ4v) is 2.23. The van der Waals surface area contributed by atoms with Crippen LogP contribution in [0.25, 0.3) is 5.57 Å². The molecule has 0 N–H and O–H groups in total. The van der Waals surface area contributed by atoms with Gasteiger partial charge in [-0.3, -0.25) is 4.79 Å². The molecule has 0 atom stereocenters. The van der Waals surface area contributed by atoms with Crippen LogP contribution in [0.5, 0.6) is 0 Å². The average Bonchev–Trinajstić information content (AvgIpc) is 2.29. The number of Topliss-reactive ketones (excluding diaryl/α,β-unsaturated/α-hetero) is 1. The van der Waals surface area contributed by atoms with Crippen molar-refractivity contribution >= 4 is 11.4 Å². The first kappa shape index (κ1) is 11.8. The quantitative estimate of drug-likeness (QED) is 0.759. The zero-order valence-electron chi connectivity index (χ0n) is 10.5. The minimum absolute atomic E-state index is 0.253. The Balaban J connectivity index is 2.17. The van der Waals surface area contributed by atoms with Gasteiger partial charge in [0.15, 0.2) is 0 Å². The van der Waals surface area contributed by atoms with Crippen molar-refractivity contribution in [3.05, 3.63) is 53.1 Å². The van der Waals surface area contributed by atoms with Crippen LogP contribution in [0, 0.1) is 6.92 Å². The molecular formula is C16H18O. The molecule has 0 unspecified atom stereocenters. The minimum Gasteiger partial charge on any atom is -0.300 e. The number of aryl methyl sites for hydroxylation is 1. The lowest BCUT2D eigenvalue weighted by molar-refractivity contribution is -0.116. The molecule has 0 aliphatic heterocycles. The van der Waals surface area contributed by atoms with Crippen LogP contribution in [0.15, 0.2) is 42.0 Å². The van der Waals surface area contributed by atoms with Crippen LogP contribution < -0.4 is 0 Å². The molecule has 0 aromatic heterocycles. The van der Waals surface area contributed by atoms with Crippen molar-refractivity contribution in [2.24, 2.45) is 0 Å². The van der Waals surface area contributed by atoms with E-state index in [1.807, 2.05) is 0 Å². The van der Waals surface area contributed by atoms with E-state index in [-0.39, 0.29) is 5.78 Å². The lowest BCUT2D eigenvalue weighted by Gasteiger charge is -2.14. The van der Waals surface area contributed by atoms with E-state index < -0.39 is 0 Å². The summed E-state index contributed by atoms with van der Waals surface area (Å²) in [5.74, 6) is 0.253. The van der Waals surface area contributed by atoms with E-state index in [4.69, 9.17) is 0 Å². The maximum atomic E-state index is 11.0. The van der Waals surface area contributed by atoms with Gasteiger partial charge >= 0.3 is 0 Å². The molecular weight excluding hydrogens is 208 g/mol. The second-order valence-corrected chi connectivity index (χ2v) is 4.77. The first-order valence-electron chi connectivity index (χ1n) is 6.10. The van der Waals surface area contributed by atoms with Crippen molar-refractivity contribution in [3.63, 3.8) is 0 Å². The van der Waals surface area contributed by atoms with Crippen molar-refractivity contribution < 1.29 is 4.79 Å². The van der Waals surface area contributed by atoms with Crippen molar-refractivity contribution in [2.75, 3.05) is 0 Å². The predicted octanol–water partition coefficient (Wildman–Crippen LogP) is 4.08. The van der Waals surface area contributed by atoms with Gasteiger partial charge < -0.3 is 0 Å². The van der Waals surface area contributed by atoms with Crippen molar-refractivity contribution in [1.82, 2.24) is 0 Å². The number of rotatable bonds is 3. The third-order valence-corrected chi connectivity index (χ3v) is 3.10. The zero-order valence-corrected chi connectivity index (χ0v) is 10.5. The highest BCUT2D eigenvalue weighted by Gasteiger charge is 2.09. The normalized spacial score (nSPS) is 15.2. The molecule has 17 heavy (non-hydrogen) atoms. The van der Waals surface area contributed by atoms with Crippen LogP contribution in [0.1, 0.15) is 37.3 Å². The molecule has 2 rings (SSSR count). The standard InChI is InChI=1S/C16H18O/c1-12-4-3-5-16(10-12)15-8-6-14(7-9-15)11-13(2)17/h3-6,8,10H,7,9,11H2,1-2H3. The van der Waals surface area contributed by atoms with E-state index in [9.17, 15) is 4.79 Å². The molecule has 0 saturated carbocycles. The molecule has 0 spiro atoms. The molecule has 1 heteroatoms. The Kier molecular flexibility index (Phi) is 3.58. The van der Waals surface area contributed by atoms with E-state index in [0.717, 1.165) is 12.8 Å². The van der Waals surface area contributed by atoms with E-state index in [2.05, 4.69) is 43.3 Å². The fourth-order valence-electron chi connectivity index (χ4n) is 2.23. The van der Waals surface area contributed by atoms with Gasteiger partial charge in [0, 0.05) is 6.42 Å². The van der Waals surface area contributed by atoms with E-state index in [1.165, 1.54) is 22.3 Å². The van der Waals surface area contributed by atoms with E-state index in [1.54, 1.807) is 6.92 Å². The van der Waals surface area contributed by atoms with Gasteiger partial charge in [0.1, 0.15) is 5.78 Å². The Morgan fingerprint density at radius 1 is 1.24 bits per heavy atom. The molecule has 1 aromatic rings. The second kappa shape index (κ2) is 5.13. The number of hydrogen-bond acceptors (Lipinski definition) is 1. The first-order chi connectivity index (χ1) is 8.15. The van der Waals surface area contributed by atoms with Crippen LogP contribution >= 0.6 is 0 Å². The Hall–Kier alpha value is -1.63. The smallest absolute Gasteiger partial charge is 0.133 e. The van der Waals surface area contributed by atoms with Gasteiger partial charge in [-0.05, 0) is 37.8 Å². The van der Waals surface area contributed by atoms with Gasteiger partial charge in [-0.2, -0.15) is 0 Å². The highest BCUT2D eigenvalue weighted by atomic mass is 16.1. The maximum Gasteiger partial charge on any atom is 0.133 e. The Morgan fingerprint density at radius 3 is 2.65 bits per heavy atom. The minimum atomic E-state index is 0.253.